The molecule has 0 radical (unpaired) electrons. The fraction of sp³-hybridized carbons (Fsp3) is 0.100. The molecule has 0 fully saturated rings. The largest absolute Gasteiger partial charge is 0.447 e. The lowest BCUT2D eigenvalue weighted by molar-refractivity contribution is 0.0555. The molecule has 0 saturated heterocycles. The maximum absolute atomic E-state index is 11.1. The third kappa shape index (κ3) is 2.42. The van der Waals surface area contributed by atoms with E-state index in [9.17, 15) is 9.59 Å². The molecule has 1 rings (SSSR count). The van der Waals surface area contributed by atoms with E-state index in [1.165, 1.54) is 24.3 Å². The Labute approximate surface area is 80.7 Å². The maximum atomic E-state index is 11.1. The monoisotopic (exact) mass is 189 g/mol. The highest BCUT2D eigenvalue weighted by Crippen LogP contribution is 2.03. The molecule has 1 aromatic carbocycles. The van der Waals surface area contributed by atoms with E-state index < -0.39 is 5.97 Å². The number of hydrogen-bond acceptors (Lipinski definition) is 4. The molecule has 0 N–H and O–H groups in total. The SMILES string of the molecule is N#CCOC(=O)c1ccc(C=O)cc1. The molecule has 0 aliphatic rings. The van der Waals surface area contributed by atoms with E-state index in [4.69, 9.17) is 5.26 Å². The molecule has 0 aliphatic carbocycles. The van der Waals surface area contributed by atoms with Crippen LogP contribution in [-0.4, -0.2) is 18.9 Å². The van der Waals surface area contributed by atoms with Crippen LogP contribution in [0.15, 0.2) is 24.3 Å². The van der Waals surface area contributed by atoms with Crippen LogP contribution in [0.25, 0.3) is 0 Å². The summed E-state index contributed by atoms with van der Waals surface area (Å²) in [7, 11) is 0. The van der Waals surface area contributed by atoms with Gasteiger partial charge in [0.05, 0.1) is 5.56 Å². The lowest BCUT2D eigenvalue weighted by Gasteiger charge is -1.99. The predicted octanol–water partition coefficient (Wildman–Crippen LogP) is 1.18. The van der Waals surface area contributed by atoms with Gasteiger partial charge in [0.25, 0.3) is 0 Å². The van der Waals surface area contributed by atoms with Crippen molar-refractivity contribution in [3.8, 4) is 6.07 Å². The summed E-state index contributed by atoms with van der Waals surface area (Å²) in [5, 5.41) is 8.17. The minimum absolute atomic E-state index is 0.270. The second-order valence-electron chi connectivity index (χ2n) is 2.47. The second-order valence-corrected chi connectivity index (χ2v) is 2.47. The van der Waals surface area contributed by atoms with Gasteiger partial charge in [-0.15, -0.1) is 0 Å². The Kier molecular flexibility index (Phi) is 3.39. The van der Waals surface area contributed by atoms with E-state index in [1.54, 1.807) is 6.07 Å². The molecular weight excluding hydrogens is 182 g/mol. The first-order chi connectivity index (χ1) is 6.77. The van der Waals surface area contributed by atoms with Crippen molar-refractivity contribution in [3.63, 3.8) is 0 Å². The molecule has 0 saturated carbocycles. The van der Waals surface area contributed by atoms with Crippen molar-refractivity contribution < 1.29 is 14.3 Å². The third-order valence-electron chi connectivity index (χ3n) is 1.55. The number of nitriles is 1. The molecule has 4 nitrogen and oxygen atoms in total. The van der Waals surface area contributed by atoms with Gasteiger partial charge in [0.15, 0.2) is 6.61 Å². The number of esters is 1. The molecule has 0 atom stereocenters. The molecule has 1 aromatic rings. The molecule has 14 heavy (non-hydrogen) atoms. The highest BCUT2D eigenvalue weighted by Gasteiger charge is 2.05. The minimum atomic E-state index is -0.566. The Morgan fingerprint density at radius 3 is 2.57 bits per heavy atom. The van der Waals surface area contributed by atoms with Crippen LogP contribution in [-0.2, 0) is 4.74 Å². The number of aldehydes is 1. The van der Waals surface area contributed by atoms with Gasteiger partial charge in [-0.25, -0.2) is 4.79 Å². The van der Waals surface area contributed by atoms with Crippen LogP contribution in [0.5, 0.6) is 0 Å². The molecule has 0 aromatic heterocycles. The third-order valence-corrected chi connectivity index (χ3v) is 1.55. The van der Waals surface area contributed by atoms with Crippen LogP contribution < -0.4 is 0 Å². The average molecular weight is 189 g/mol. The second kappa shape index (κ2) is 4.77. The molecule has 70 valence electrons. The molecule has 0 aliphatic heterocycles. The highest BCUT2D eigenvalue weighted by molar-refractivity contribution is 5.90. The molecule has 0 unspecified atom stereocenters. The van der Waals surface area contributed by atoms with Gasteiger partial charge in [-0.1, -0.05) is 12.1 Å². The van der Waals surface area contributed by atoms with E-state index in [-0.39, 0.29) is 6.61 Å². The Balaban J connectivity index is 2.72. The van der Waals surface area contributed by atoms with Crippen molar-refractivity contribution in [2.24, 2.45) is 0 Å². The Morgan fingerprint density at radius 1 is 1.43 bits per heavy atom. The molecule has 0 amide bonds. The molecule has 4 heteroatoms. The van der Waals surface area contributed by atoms with Crippen molar-refractivity contribution in [3.05, 3.63) is 35.4 Å². The zero-order valence-electron chi connectivity index (χ0n) is 7.27. The Hall–Kier alpha value is -2.15. The van der Waals surface area contributed by atoms with Gasteiger partial charge in [0.1, 0.15) is 12.4 Å². The van der Waals surface area contributed by atoms with Crippen molar-refractivity contribution in [1.82, 2.24) is 0 Å². The maximum Gasteiger partial charge on any atom is 0.339 e. The zero-order valence-corrected chi connectivity index (χ0v) is 7.27. The summed E-state index contributed by atoms with van der Waals surface area (Å²) in [6, 6.07) is 7.66. The van der Waals surface area contributed by atoms with Crippen molar-refractivity contribution in [2.75, 3.05) is 6.61 Å². The summed E-state index contributed by atoms with van der Waals surface area (Å²) in [4.78, 5) is 21.4. The minimum Gasteiger partial charge on any atom is -0.447 e. The molecule has 0 heterocycles. The number of hydrogen-bond donors (Lipinski definition) is 0. The van der Waals surface area contributed by atoms with Gasteiger partial charge in [-0.3, -0.25) is 4.79 Å². The summed E-state index contributed by atoms with van der Waals surface area (Å²) in [5.41, 5.74) is 0.813. The predicted molar refractivity (Wildman–Crippen MR) is 47.7 cm³/mol. The zero-order chi connectivity index (χ0) is 10.4. The fourth-order valence-corrected chi connectivity index (χ4v) is 0.879. The first-order valence-corrected chi connectivity index (χ1v) is 3.87. The van der Waals surface area contributed by atoms with Gasteiger partial charge in [0, 0.05) is 5.56 Å². The van der Waals surface area contributed by atoms with E-state index in [0.717, 1.165) is 0 Å². The standard InChI is InChI=1S/C10H7NO3/c11-5-6-14-10(13)9-3-1-8(7-12)2-4-9/h1-4,7H,6H2. The summed E-state index contributed by atoms with van der Waals surface area (Å²) in [6.45, 7) is -0.270. The number of nitrogens with zero attached hydrogens (tertiary/aromatic N) is 1. The van der Waals surface area contributed by atoms with Crippen LogP contribution in [0.1, 0.15) is 20.7 Å². The Bertz CT molecular complexity index is 375. The summed E-state index contributed by atoms with van der Waals surface area (Å²) in [5.74, 6) is -0.566. The number of rotatable bonds is 3. The summed E-state index contributed by atoms with van der Waals surface area (Å²) >= 11 is 0. The van der Waals surface area contributed by atoms with Gasteiger partial charge in [0.2, 0.25) is 0 Å². The smallest absolute Gasteiger partial charge is 0.339 e. The quantitative estimate of drug-likeness (QED) is 0.529. The van der Waals surface area contributed by atoms with E-state index in [2.05, 4.69) is 4.74 Å². The van der Waals surface area contributed by atoms with Crippen LogP contribution in [0.4, 0.5) is 0 Å². The highest BCUT2D eigenvalue weighted by atomic mass is 16.5. The van der Waals surface area contributed by atoms with Gasteiger partial charge >= 0.3 is 5.97 Å². The Morgan fingerprint density at radius 2 is 2.07 bits per heavy atom. The topological polar surface area (TPSA) is 67.2 Å². The van der Waals surface area contributed by atoms with Crippen molar-refractivity contribution in [1.29, 1.82) is 5.26 Å². The van der Waals surface area contributed by atoms with E-state index >= 15 is 0 Å². The van der Waals surface area contributed by atoms with Crippen LogP contribution in [0, 0.1) is 11.3 Å². The first-order valence-electron chi connectivity index (χ1n) is 3.87. The normalized spacial score (nSPS) is 8.79. The average Bonchev–Trinajstić information content (AvgIpc) is 2.26. The number of carbonyl (C=O) groups is 2. The van der Waals surface area contributed by atoms with Gasteiger partial charge < -0.3 is 4.74 Å². The lowest BCUT2D eigenvalue weighted by atomic mass is 10.1. The fourth-order valence-electron chi connectivity index (χ4n) is 0.879. The summed E-state index contributed by atoms with van der Waals surface area (Å²) in [6.07, 6.45) is 0.685. The molecule has 0 spiro atoms. The van der Waals surface area contributed by atoms with Gasteiger partial charge in [-0.05, 0) is 12.1 Å². The lowest BCUT2D eigenvalue weighted by Crippen LogP contribution is -2.05. The van der Waals surface area contributed by atoms with E-state index in [0.29, 0.717) is 17.4 Å². The first kappa shape index (κ1) is 9.93. The number of ether oxygens (including phenoxy) is 1. The van der Waals surface area contributed by atoms with Crippen molar-refractivity contribution >= 4 is 12.3 Å². The van der Waals surface area contributed by atoms with Crippen molar-refractivity contribution in [2.45, 2.75) is 0 Å². The van der Waals surface area contributed by atoms with Crippen LogP contribution >= 0.6 is 0 Å². The number of carbonyl (C=O) groups excluding carboxylic acids is 2. The van der Waals surface area contributed by atoms with E-state index in [1.807, 2.05) is 0 Å². The number of benzene rings is 1. The summed E-state index contributed by atoms with van der Waals surface area (Å²) < 4.78 is 4.56. The molecule has 0 bridgehead atoms. The van der Waals surface area contributed by atoms with Crippen LogP contribution in [0.3, 0.4) is 0 Å². The molecular formula is C10H7NO3. The van der Waals surface area contributed by atoms with Crippen LogP contribution in [0.2, 0.25) is 0 Å². The van der Waals surface area contributed by atoms with Gasteiger partial charge in [-0.2, -0.15) is 5.26 Å².